The zero-order chi connectivity index (χ0) is 12.8. The highest BCUT2D eigenvalue weighted by Gasteiger charge is 2.20. The van der Waals surface area contributed by atoms with Crippen LogP contribution in [0.3, 0.4) is 0 Å². The van der Waals surface area contributed by atoms with Crippen molar-refractivity contribution in [3.63, 3.8) is 0 Å². The molecule has 17 heavy (non-hydrogen) atoms. The van der Waals surface area contributed by atoms with Crippen LogP contribution in [0.2, 0.25) is 0 Å². The molecule has 0 aromatic carbocycles. The van der Waals surface area contributed by atoms with Gasteiger partial charge in [-0.25, -0.2) is 0 Å². The Labute approximate surface area is 103 Å². The Bertz CT molecular complexity index is 431. The average molecular weight is 257 g/mol. The van der Waals surface area contributed by atoms with E-state index in [9.17, 15) is 19.8 Å². The molecule has 0 bridgehead atoms. The first-order chi connectivity index (χ1) is 8.02. The SMILES string of the molecule is CC(=O)SCCC(O)C(O)c1c[nH]ccc1=O. The molecule has 2 atom stereocenters. The lowest BCUT2D eigenvalue weighted by atomic mass is 10.0. The summed E-state index contributed by atoms with van der Waals surface area (Å²) in [5.41, 5.74) is -0.192. The molecule has 6 heteroatoms. The lowest BCUT2D eigenvalue weighted by molar-refractivity contribution is -0.109. The molecule has 1 aromatic heterocycles. The molecule has 0 fully saturated rings. The van der Waals surface area contributed by atoms with Crippen LogP contribution in [0.15, 0.2) is 23.3 Å². The van der Waals surface area contributed by atoms with Crippen molar-refractivity contribution in [1.29, 1.82) is 0 Å². The van der Waals surface area contributed by atoms with Crippen LogP contribution in [0, 0.1) is 0 Å². The Morgan fingerprint density at radius 2 is 2.24 bits per heavy atom. The van der Waals surface area contributed by atoms with Crippen LogP contribution in [-0.4, -0.2) is 32.2 Å². The molecule has 1 aromatic rings. The van der Waals surface area contributed by atoms with E-state index in [-0.39, 0.29) is 22.5 Å². The molecule has 0 aliphatic rings. The topological polar surface area (TPSA) is 90.4 Å². The summed E-state index contributed by atoms with van der Waals surface area (Å²) in [6.07, 6.45) is 0.794. The van der Waals surface area contributed by atoms with Gasteiger partial charge in [0.15, 0.2) is 10.5 Å². The first-order valence-corrected chi connectivity index (χ1v) is 6.17. The second-order valence-corrected chi connectivity index (χ2v) is 4.88. The normalized spacial score (nSPS) is 14.3. The van der Waals surface area contributed by atoms with Crippen molar-refractivity contribution in [3.05, 3.63) is 34.2 Å². The van der Waals surface area contributed by atoms with Gasteiger partial charge in [0.2, 0.25) is 0 Å². The zero-order valence-corrected chi connectivity index (χ0v) is 10.2. The molecule has 2 unspecified atom stereocenters. The van der Waals surface area contributed by atoms with Crippen LogP contribution in [0.25, 0.3) is 0 Å². The largest absolute Gasteiger partial charge is 0.390 e. The number of hydrogen-bond acceptors (Lipinski definition) is 5. The maximum absolute atomic E-state index is 11.4. The van der Waals surface area contributed by atoms with Gasteiger partial charge < -0.3 is 15.2 Å². The predicted molar refractivity (Wildman–Crippen MR) is 65.8 cm³/mol. The van der Waals surface area contributed by atoms with E-state index < -0.39 is 12.2 Å². The summed E-state index contributed by atoms with van der Waals surface area (Å²) in [6.45, 7) is 1.44. The fourth-order valence-electron chi connectivity index (χ4n) is 1.35. The maximum atomic E-state index is 11.4. The van der Waals surface area contributed by atoms with Gasteiger partial charge in [0.25, 0.3) is 0 Å². The molecule has 0 saturated heterocycles. The van der Waals surface area contributed by atoms with E-state index in [4.69, 9.17) is 0 Å². The third-order valence-corrected chi connectivity index (χ3v) is 3.10. The van der Waals surface area contributed by atoms with Gasteiger partial charge in [-0.1, -0.05) is 11.8 Å². The van der Waals surface area contributed by atoms with Crippen LogP contribution < -0.4 is 5.43 Å². The number of aromatic nitrogens is 1. The van der Waals surface area contributed by atoms with Crippen LogP contribution in [0.4, 0.5) is 0 Å². The molecule has 5 nitrogen and oxygen atoms in total. The average Bonchev–Trinajstić information content (AvgIpc) is 2.28. The number of hydrogen-bond donors (Lipinski definition) is 3. The lowest BCUT2D eigenvalue weighted by Gasteiger charge is -2.16. The number of aromatic amines is 1. The first-order valence-electron chi connectivity index (χ1n) is 5.19. The fourth-order valence-corrected chi connectivity index (χ4v) is 2.00. The summed E-state index contributed by atoms with van der Waals surface area (Å²) in [4.78, 5) is 24.8. The molecule has 0 amide bonds. The Balaban J connectivity index is 2.58. The highest BCUT2D eigenvalue weighted by Crippen LogP contribution is 2.17. The minimum Gasteiger partial charge on any atom is -0.390 e. The van der Waals surface area contributed by atoms with Crippen molar-refractivity contribution in [1.82, 2.24) is 4.98 Å². The second-order valence-electron chi connectivity index (χ2n) is 3.60. The summed E-state index contributed by atoms with van der Waals surface area (Å²) in [5.74, 6) is 0.415. The third-order valence-electron chi connectivity index (χ3n) is 2.26. The van der Waals surface area contributed by atoms with Crippen molar-refractivity contribution in [2.24, 2.45) is 0 Å². The summed E-state index contributed by atoms with van der Waals surface area (Å²) in [6, 6.07) is 1.29. The molecule has 94 valence electrons. The monoisotopic (exact) mass is 257 g/mol. The number of carbonyl (C=O) groups excluding carboxylic acids is 1. The van der Waals surface area contributed by atoms with E-state index in [1.807, 2.05) is 0 Å². The predicted octanol–water partition coefficient (Wildman–Crippen LogP) is 0.439. The van der Waals surface area contributed by atoms with Crippen molar-refractivity contribution in [3.8, 4) is 0 Å². The van der Waals surface area contributed by atoms with Gasteiger partial charge in [-0.15, -0.1) is 0 Å². The maximum Gasteiger partial charge on any atom is 0.187 e. The number of aliphatic hydroxyl groups is 2. The standard InChI is InChI=1S/C11H15NO4S/c1-7(13)17-5-3-10(15)11(16)8-6-12-4-2-9(8)14/h2,4,6,10-11,15-16H,3,5H2,1H3,(H,12,14). The number of carbonyl (C=O) groups is 1. The van der Waals surface area contributed by atoms with Gasteiger partial charge in [0.05, 0.1) is 6.10 Å². The Hall–Kier alpha value is -1.11. The fraction of sp³-hybridized carbons (Fsp3) is 0.455. The van der Waals surface area contributed by atoms with Crippen molar-refractivity contribution < 1.29 is 15.0 Å². The van der Waals surface area contributed by atoms with Crippen molar-refractivity contribution in [2.75, 3.05) is 5.75 Å². The minimum atomic E-state index is -1.23. The Morgan fingerprint density at radius 1 is 1.53 bits per heavy atom. The van der Waals surface area contributed by atoms with Gasteiger partial charge in [-0.05, 0) is 6.42 Å². The summed E-state index contributed by atoms with van der Waals surface area (Å²) in [5, 5.41) is 19.4. The van der Waals surface area contributed by atoms with Gasteiger partial charge in [-0.2, -0.15) is 0 Å². The molecular formula is C11H15NO4S. The van der Waals surface area contributed by atoms with Gasteiger partial charge in [0.1, 0.15) is 6.10 Å². The number of pyridine rings is 1. The van der Waals surface area contributed by atoms with Crippen molar-refractivity contribution in [2.45, 2.75) is 25.6 Å². The van der Waals surface area contributed by atoms with Crippen LogP contribution >= 0.6 is 11.8 Å². The lowest BCUT2D eigenvalue weighted by Crippen LogP contribution is -2.24. The summed E-state index contributed by atoms with van der Waals surface area (Å²) >= 11 is 1.08. The van der Waals surface area contributed by atoms with E-state index in [1.165, 1.54) is 25.4 Å². The quantitative estimate of drug-likeness (QED) is 0.712. The van der Waals surface area contributed by atoms with E-state index in [2.05, 4.69) is 4.98 Å². The highest BCUT2D eigenvalue weighted by atomic mass is 32.2. The molecule has 1 rings (SSSR count). The smallest absolute Gasteiger partial charge is 0.187 e. The number of H-pyrrole nitrogens is 1. The van der Waals surface area contributed by atoms with Crippen LogP contribution in [0.1, 0.15) is 25.0 Å². The molecule has 1 heterocycles. The molecule has 0 radical (unpaired) electrons. The van der Waals surface area contributed by atoms with E-state index in [0.29, 0.717) is 5.75 Å². The molecule has 0 spiro atoms. The molecule has 0 saturated carbocycles. The first kappa shape index (κ1) is 14.0. The minimum absolute atomic E-state index is 0.0377. The van der Waals surface area contributed by atoms with E-state index >= 15 is 0 Å². The summed E-state index contributed by atoms with van der Waals surface area (Å²) in [7, 11) is 0. The Kier molecular flexibility index (Phi) is 5.40. The molecule has 0 aliphatic carbocycles. The number of thioether (sulfide) groups is 1. The van der Waals surface area contributed by atoms with E-state index in [0.717, 1.165) is 11.8 Å². The highest BCUT2D eigenvalue weighted by molar-refractivity contribution is 8.13. The Morgan fingerprint density at radius 3 is 2.82 bits per heavy atom. The molecule has 0 aliphatic heterocycles. The van der Waals surface area contributed by atoms with E-state index in [1.54, 1.807) is 0 Å². The van der Waals surface area contributed by atoms with Gasteiger partial charge >= 0.3 is 0 Å². The zero-order valence-electron chi connectivity index (χ0n) is 9.42. The van der Waals surface area contributed by atoms with Crippen LogP contribution in [-0.2, 0) is 4.79 Å². The molecular weight excluding hydrogens is 242 g/mol. The number of rotatable bonds is 5. The second kappa shape index (κ2) is 6.58. The molecule has 3 N–H and O–H groups in total. The van der Waals surface area contributed by atoms with Crippen molar-refractivity contribution >= 4 is 16.9 Å². The van der Waals surface area contributed by atoms with Gasteiger partial charge in [-0.3, -0.25) is 9.59 Å². The number of nitrogens with one attached hydrogen (secondary N) is 1. The van der Waals surface area contributed by atoms with Gasteiger partial charge in [0, 0.05) is 36.7 Å². The third kappa shape index (κ3) is 4.33. The summed E-state index contributed by atoms with van der Waals surface area (Å²) < 4.78 is 0. The number of aliphatic hydroxyl groups excluding tert-OH is 2. The van der Waals surface area contributed by atoms with Crippen LogP contribution in [0.5, 0.6) is 0 Å².